The van der Waals surface area contributed by atoms with Crippen molar-refractivity contribution >= 4 is 5.91 Å². The molecule has 1 aliphatic rings. The minimum atomic E-state index is 0.0397. The van der Waals surface area contributed by atoms with Crippen LogP contribution >= 0.6 is 0 Å². The molecule has 0 unspecified atom stereocenters. The molecule has 1 fully saturated rings. The van der Waals surface area contributed by atoms with Gasteiger partial charge in [-0.3, -0.25) is 4.79 Å². The fraction of sp³-hybridized carbons (Fsp3) is 0.190. The molecule has 1 saturated heterocycles. The molecule has 1 atom stereocenters. The van der Waals surface area contributed by atoms with Crippen molar-refractivity contribution in [3.05, 3.63) is 72.4 Å². The van der Waals surface area contributed by atoms with E-state index in [0.717, 1.165) is 12.0 Å². The molecule has 3 heterocycles. The predicted octanol–water partition coefficient (Wildman–Crippen LogP) is 3.08. The summed E-state index contributed by atoms with van der Waals surface area (Å²) in [7, 11) is 0. The summed E-state index contributed by atoms with van der Waals surface area (Å²) in [5.41, 5.74) is 2.10. The van der Waals surface area contributed by atoms with E-state index in [-0.39, 0.29) is 11.9 Å². The Morgan fingerprint density at radius 3 is 2.59 bits per heavy atom. The molecule has 0 N–H and O–H groups in total. The minimum Gasteiger partial charge on any atom is -0.336 e. The van der Waals surface area contributed by atoms with Gasteiger partial charge in [0.25, 0.3) is 11.8 Å². The Morgan fingerprint density at radius 2 is 1.79 bits per heavy atom. The first kappa shape index (κ1) is 17.3. The van der Waals surface area contributed by atoms with Gasteiger partial charge in [0.1, 0.15) is 0 Å². The van der Waals surface area contributed by atoms with Crippen molar-refractivity contribution in [1.29, 1.82) is 0 Å². The van der Waals surface area contributed by atoms with Crippen LogP contribution in [0.15, 0.2) is 71.4 Å². The van der Waals surface area contributed by atoms with Crippen LogP contribution in [0.4, 0.5) is 0 Å². The van der Waals surface area contributed by atoms with Crippen LogP contribution in [0.3, 0.4) is 0 Å². The number of likely N-dealkylation sites (tertiary alicyclic amines) is 1. The summed E-state index contributed by atoms with van der Waals surface area (Å²) in [6, 6.07) is 19.0. The lowest BCUT2D eigenvalue weighted by molar-refractivity contribution is 0.0787. The average molecular weight is 386 g/mol. The Kier molecular flexibility index (Phi) is 4.36. The highest BCUT2D eigenvalue weighted by molar-refractivity contribution is 5.94. The molecule has 0 bridgehead atoms. The smallest absolute Gasteiger partial charge is 0.280 e. The molecular weight excluding hydrogens is 368 g/mol. The van der Waals surface area contributed by atoms with Gasteiger partial charge in [-0.25, -0.2) is 4.68 Å². The third-order valence-corrected chi connectivity index (χ3v) is 5.03. The lowest BCUT2D eigenvalue weighted by atomic mass is 10.2. The Bertz CT molecular complexity index is 1120. The average Bonchev–Trinajstić information content (AvgIpc) is 3.54. The zero-order valence-electron chi connectivity index (χ0n) is 15.5. The number of carbonyl (C=O) groups excluding carboxylic acids is 1. The monoisotopic (exact) mass is 386 g/mol. The van der Waals surface area contributed by atoms with Gasteiger partial charge in [-0.05, 0) is 18.6 Å². The van der Waals surface area contributed by atoms with Gasteiger partial charge in [-0.15, -0.1) is 5.10 Å². The second-order valence-electron chi connectivity index (χ2n) is 6.93. The van der Waals surface area contributed by atoms with Crippen LogP contribution < -0.4 is 0 Å². The van der Waals surface area contributed by atoms with E-state index in [1.807, 2.05) is 65.6 Å². The van der Waals surface area contributed by atoms with E-state index in [1.165, 1.54) is 0 Å². The maximum absolute atomic E-state index is 12.6. The summed E-state index contributed by atoms with van der Waals surface area (Å²) in [5, 5.41) is 12.4. The molecule has 2 aromatic carbocycles. The molecule has 0 saturated carbocycles. The van der Waals surface area contributed by atoms with Crippen LogP contribution in [0.25, 0.3) is 23.0 Å². The molecule has 0 radical (unpaired) electrons. The number of hydrogen-bond acceptors (Lipinski definition) is 6. The topological polar surface area (TPSA) is 89.9 Å². The van der Waals surface area contributed by atoms with Crippen molar-refractivity contribution in [3.63, 3.8) is 0 Å². The van der Waals surface area contributed by atoms with Crippen LogP contribution in [0.1, 0.15) is 22.8 Å². The molecule has 5 rings (SSSR count). The molecule has 8 nitrogen and oxygen atoms in total. The molecule has 4 aromatic rings. The van der Waals surface area contributed by atoms with Gasteiger partial charge >= 0.3 is 0 Å². The van der Waals surface area contributed by atoms with E-state index in [0.29, 0.717) is 36.1 Å². The third-order valence-electron chi connectivity index (χ3n) is 5.03. The summed E-state index contributed by atoms with van der Waals surface area (Å²) in [4.78, 5) is 18.9. The van der Waals surface area contributed by atoms with Crippen molar-refractivity contribution in [1.82, 2.24) is 30.0 Å². The zero-order chi connectivity index (χ0) is 19.6. The Balaban J connectivity index is 1.30. The summed E-state index contributed by atoms with van der Waals surface area (Å²) < 4.78 is 7.13. The first-order chi connectivity index (χ1) is 14.3. The number of amides is 1. The van der Waals surface area contributed by atoms with E-state index in [4.69, 9.17) is 4.52 Å². The first-order valence-corrected chi connectivity index (χ1v) is 9.43. The van der Waals surface area contributed by atoms with Crippen molar-refractivity contribution in [2.75, 3.05) is 13.1 Å². The molecule has 0 spiro atoms. The number of benzene rings is 2. The molecule has 0 aliphatic carbocycles. The van der Waals surface area contributed by atoms with Gasteiger partial charge in [0, 0.05) is 24.2 Å². The third kappa shape index (κ3) is 3.40. The largest absolute Gasteiger partial charge is 0.336 e. The van der Waals surface area contributed by atoms with Gasteiger partial charge in [0.2, 0.25) is 5.82 Å². The lowest BCUT2D eigenvalue weighted by Gasteiger charge is -2.16. The SMILES string of the molecule is O=C(c1ccccc1)N1CC[C@@H](n2cc(-c3nc(-c4ccccc4)no3)nn2)C1. The van der Waals surface area contributed by atoms with E-state index in [9.17, 15) is 4.79 Å². The number of hydrogen-bond donors (Lipinski definition) is 0. The maximum Gasteiger partial charge on any atom is 0.280 e. The van der Waals surface area contributed by atoms with E-state index in [2.05, 4.69) is 20.5 Å². The van der Waals surface area contributed by atoms with E-state index < -0.39 is 0 Å². The summed E-state index contributed by atoms with van der Waals surface area (Å²) in [6.45, 7) is 1.28. The highest BCUT2D eigenvalue weighted by atomic mass is 16.5. The Labute approximate surface area is 166 Å². The fourth-order valence-electron chi connectivity index (χ4n) is 3.49. The highest BCUT2D eigenvalue weighted by Gasteiger charge is 2.29. The van der Waals surface area contributed by atoms with Crippen molar-refractivity contribution in [3.8, 4) is 23.0 Å². The molecule has 1 amide bonds. The zero-order valence-corrected chi connectivity index (χ0v) is 15.5. The predicted molar refractivity (Wildman–Crippen MR) is 105 cm³/mol. The van der Waals surface area contributed by atoms with Crippen LogP contribution in [0.2, 0.25) is 0 Å². The minimum absolute atomic E-state index is 0.0397. The summed E-state index contributed by atoms with van der Waals surface area (Å²) >= 11 is 0. The van der Waals surface area contributed by atoms with Crippen LogP contribution in [-0.4, -0.2) is 49.0 Å². The van der Waals surface area contributed by atoms with Gasteiger partial charge in [0.05, 0.1) is 12.2 Å². The second-order valence-corrected chi connectivity index (χ2v) is 6.93. The summed E-state index contributed by atoms with van der Waals surface area (Å²) in [5.74, 6) is 0.874. The Hall–Kier alpha value is -3.81. The quantitative estimate of drug-likeness (QED) is 0.535. The van der Waals surface area contributed by atoms with Gasteiger partial charge in [-0.1, -0.05) is 58.9 Å². The van der Waals surface area contributed by atoms with Gasteiger partial charge < -0.3 is 9.42 Å². The van der Waals surface area contributed by atoms with Gasteiger partial charge in [-0.2, -0.15) is 4.98 Å². The normalized spacial score (nSPS) is 16.3. The van der Waals surface area contributed by atoms with Crippen LogP contribution in [0.5, 0.6) is 0 Å². The van der Waals surface area contributed by atoms with Crippen molar-refractivity contribution in [2.24, 2.45) is 0 Å². The van der Waals surface area contributed by atoms with Crippen LogP contribution in [0, 0.1) is 0 Å². The standard InChI is InChI=1S/C21H18N6O2/c28-21(16-9-5-2-6-10-16)26-12-11-17(13-26)27-14-18(23-25-27)20-22-19(24-29-20)15-7-3-1-4-8-15/h1-10,14,17H,11-13H2/t17-/m1/s1. The highest BCUT2D eigenvalue weighted by Crippen LogP contribution is 2.25. The number of nitrogens with zero attached hydrogens (tertiary/aromatic N) is 6. The van der Waals surface area contributed by atoms with Crippen molar-refractivity contribution in [2.45, 2.75) is 12.5 Å². The molecule has 2 aromatic heterocycles. The maximum atomic E-state index is 12.6. The molecule has 1 aliphatic heterocycles. The van der Waals surface area contributed by atoms with Crippen LogP contribution in [-0.2, 0) is 0 Å². The number of rotatable bonds is 4. The van der Waals surface area contributed by atoms with E-state index >= 15 is 0 Å². The lowest BCUT2D eigenvalue weighted by Crippen LogP contribution is -2.29. The second kappa shape index (κ2) is 7.31. The van der Waals surface area contributed by atoms with Gasteiger partial charge in [0.15, 0.2) is 5.69 Å². The fourth-order valence-corrected chi connectivity index (χ4v) is 3.49. The van der Waals surface area contributed by atoms with E-state index in [1.54, 1.807) is 10.9 Å². The number of carbonyl (C=O) groups is 1. The summed E-state index contributed by atoms with van der Waals surface area (Å²) in [6.07, 6.45) is 2.61. The molecule has 29 heavy (non-hydrogen) atoms. The first-order valence-electron chi connectivity index (χ1n) is 9.43. The molecular formula is C21H18N6O2. The Morgan fingerprint density at radius 1 is 1.03 bits per heavy atom. The van der Waals surface area contributed by atoms with Crippen molar-refractivity contribution < 1.29 is 9.32 Å². The molecule has 8 heteroatoms. The number of aromatic nitrogens is 5. The molecule has 144 valence electrons.